The van der Waals surface area contributed by atoms with E-state index >= 15 is 0 Å². The number of nitrogens with zero attached hydrogens (tertiary/aromatic N) is 1. The third kappa shape index (κ3) is 5.01. The van der Waals surface area contributed by atoms with Gasteiger partial charge in [0, 0.05) is 18.5 Å². The van der Waals surface area contributed by atoms with Crippen molar-refractivity contribution in [1.29, 1.82) is 0 Å². The maximum Gasteiger partial charge on any atom is 0.407 e. The van der Waals surface area contributed by atoms with E-state index in [0.29, 0.717) is 23.3 Å². The van der Waals surface area contributed by atoms with E-state index in [1.54, 1.807) is 0 Å². The number of carbonyl (C=O) groups excluding carboxylic acids is 1. The molecule has 2 aromatic rings. The first-order valence-electron chi connectivity index (χ1n) is 13.2. The Morgan fingerprint density at radius 1 is 1.06 bits per heavy atom. The summed E-state index contributed by atoms with van der Waals surface area (Å²) in [5.74, 6) is -1.07. The Bertz CT molecular complexity index is 1100. The van der Waals surface area contributed by atoms with Crippen molar-refractivity contribution in [2.45, 2.75) is 70.9 Å². The van der Waals surface area contributed by atoms with E-state index in [4.69, 9.17) is 4.74 Å². The van der Waals surface area contributed by atoms with Crippen molar-refractivity contribution in [2.75, 3.05) is 19.7 Å². The number of fused-ring (bicyclic) bond motifs is 5. The van der Waals surface area contributed by atoms with Crippen LogP contribution in [0.5, 0.6) is 0 Å². The van der Waals surface area contributed by atoms with Crippen LogP contribution in [0.15, 0.2) is 48.5 Å². The molecule has 1 aliphatic heterocycles. The lowest BCUT2D eigenvalue weighted by atomic mass is 9.65. The van der Waals surface area contributed by atoms with Crippen LogP contribution in [-0.4, -0.2) is 53.8 Å². The standard InChI is InChI=1S/C30H38N2O4/c1-29(2)15-20-16-30(3,18-29)19-32(20)14-8-13-26(27(33)34)31-28(35)36-17-25-23-11-6-4-9-21(23)22-10-5-7-12-24(22)25/h4-7,9-12,20,25-26H,8,13-19H2,1-3H3,(H,31,35)(H,33,34)/t20-,26+,30-/m1/s1. The van der Waals surface area contributed by atoms with Crippen LogP contribution in [0.4, 0.5) is 4.79 Å². The predicted octanol–water partition coefficient (Wildman–Crippen LogP) is 5.66. The van der Waals surface area contributed by atoms with Crippen molar-refractivity contribution in [1.82, 2.24) is 10.2 Å². The minimum atomic E-state index is -1.02. The molecule has 6 heteroatoms. The average Bonchev–Trinajstić information content (AvgIpc) is 3.26. The largest absolute Gasteiger partial charge is 0.480 e. The molecule has 2 aromatic carbocycles. The highest BCUT2D eigenvalue weighted by molar-refractivity contribution is 5.81. The number of aliphatic carboxylic acids is 1. The van der Waals surface area contributed by atoms with Crippen molar-refractivity contribution in [2.24, 2.45) is 10.8 Å². The smallest absolute Gasteiger partial charge is 0.407 e. The minimum absolute atomic E-state index is 0.0495. The Labute approximate surface area is 214 Å². The lowest BCUT2D eigenvalue weighted by Crippen LogP contribution is -2.42. The van der Waals surface area contributed by atoms with Crippen molar-refractivity contribution in [3.05, 3.63) is 59.7 Å². The number of rotatable bonds is 8. The fraction of sp³-hybridized carbons (Fsp3) is 0.533. The van der Waals surface area contributed by atoms with Crippen molar-refractivity contribution in [3.8, 4) is 11.1 Å². The molecule has 1 amide bonds. The number of nitrogens with one attached hydrogen (secondary N) is 1. The summed E-state index contributed by atoms with van der Waals surface area (Å²) < 4.78 is 5.57. The molecule has 1 saturated carbocycles. The summed E-state index contributed by atoms with van der Waals surface area (Å²) in [7, 11) is 0. The Morgan fingerprint density at radius 2 is 1.69 bits per heavy atom. The first-order chi connectivity index (χ1) is 17.1. The fourth-order valence-electron chi connectivity index (χ4n) is 7.38. The first-order valence-corrected chi connectivity index (χ1v) is 13.2. The molecule has 36 heavy (non-hydrogen) atoms. The van der Waals surface area contributed by atoms with Crippen LogP contribution in [0.25, 0.3) is 11.1 Å². The lowest BCUT2D eigenvalue weighted by molar-refractivity contribution is -0.139. The van der Waals surface area contributed by atoms with Crippen molar-refractivity contribution in [3.63, 3.8) is 0 Å². The zero-order valence-corrected chi connectivity index (χ0v) is 21.6. The van der Waals surface area contributed by atoms with Crippen LogP contribution in [0.3, 0.4) is 0 Å². The number of alkyl carbamates (subject to hydrolysis) is 1. The molecule has 0 aromatic heterocycles. The van der Waals surface area contributed by atoms with Crippen molar-refractivity contribution >= 4 is 12.1 Å². The summed E-state index contributed by atoms with van der Waals surface area (Å²) in [5, 5.41) is 12.3. The molecular formula is C30H38N2O4. The summed E-state index contributed by atoms with van der Waals surface area (Å²) in [5.41, 5.74) is 5.31. The second-order valence-corrected chi connectivity index (χ2v) is 12.2. The molecule has 0 spiro atoms. The Hall–Kier alpha value is -2.86. The van der Waals surface area contributed by atoms with Gasteiger partial charge in [-0.05, 0) is 71.7 Å². The molecule has 192 valence electrons. The number of ether oxygens (including phenoxy) is 1. The van der Waals surface area contributed by atoms with Crippen LogP contribution in [0.2, 0.25) is 0 Å². The Balaban J connectivity index is 1.14. The maximum absolute atomic E-state index is 12.6. The third-order valence-electron chi connectivity index (χ3n) is 8.40. The number of benzene rings is 2. The molecule has 0 unspecified atom stereocenters. The van der Waals surface area contributed by atoms with Gasteiger partial charge in [0.25, 0.3) is 0 Å². The van der Waals surface area contributed by atoms with Gasteiger partial charge in [-0.2, -0.15) is 0 Å². The molecular weight excluding hydrogens is 452 g/mol. The van der Waals surface area contributed by atoms with Gasteiger partial charge >= 0.3 is 12.1 Å². The molecule has 5 rings (SSSR count). The lowest BCUT2D eigenvalue weighted by Gasteiger charge is -2.40. The first kappa shape index (κ1) is 24.8. The van der Waals surface area contributed by atoms with Crippen LogP contribution >= 0.6 is 0 Å². The van der Waals surface area contributed by atoms with Gasteiger partial charge in [-0.3, -0.25) is 4.90 Å². The van der Waals surface area contributed by atoms with E-state index in [9.17, 15) is 14.7 Å². The molecule has 1 saturated heterocycles. The molecule has 1 heterocycles. The van der Waals surface area contributed by atoms with Gasteiger partial charge in [0.2, 0.25) is 0 Å². The second-order valence-electron chi connectivity index (χ2n) is 12.2. The number of hydrogen-bond donors (Lipinski definition) is 2. The van der Waals surface area contributed by atoms with E-state index in [2.05, 4.69) is 55.3 Å². The van der Waals surface area contributed by atoms with Gasteiger partial charge < -0.3 is 15.2 Å². The van der Waals surface area contributed by atoms with Crippen LogP contribution in [0.1, 0.15) is 69.9 Å². The predicted molar refractivity (Wildman–Crippen MR) is 140 cm³/mol. The van der Waals surface area contributed by atoms with E-state index in [1.807, 2.05) is 24.3 Å². The van der Waals surface area contributed by atoms with Crippen molar-refractivity contribution < 1.29 is 19.4 Å². The van der Waals surface area contributed by atoms with Crippen LogP contribution in [-0.2, 0) is 9.53 Å². The summed E-state index contributed by atoms with van der Waals surface area (Å²) in [6, 6.07) is 16.0. The SMILES string of the molecule is CC1(C)C[C@@H]2C[C@@](C)(CN2CCC[C@H](NC(=O)OCC2c3ccccc3-c3ccccc32)C(=O)O)C1. The highest BCUT2D eigenvalue weighted by Crippen LogP contribution is 2.52. The molecule has 0 radical (unpaired) electrons. The topological polar surface area (TPSA) is 78.9 Å². The van der Waals surface area contributed by atoms with E-state index in [-0.39, 0.29) is 12.5 Å². The highest BCUT2D eigenvalue weighted by atomic mass is 16.5. The molecule has 3 aliphatic rings. The normalized spacial score (nSPS) is 25.1. The number of amides is 1. The summed E-state index contributed by atoms with van der Waals surface area (Å²) in [4.78, 5) is 27.0. The van der Waals surface area contributed by atoms with Gasteiger partial charge in [-0.1, -0.05) is 69.3 Å². The quantitative estimate of drug-likeness (QED) is 0.499. The Kier molecular flexibility index (Phi) is 6.58. The molecule has 2 fully saturated rings. The minimum Gasteiger partial charge on any atom is -0.480 e. The zero-order valence-electron chi connectivity index (χ0n) is 21.6. The third-order valence-corrected chi connectivity index (χ3v) is 8.40. The van der Waals surface area contributed by atoms with E-state index < -0.39 is 18.1 Å². The zero-order chi connectivity index (χ0) is 25.5. The van der Waals surface area contributed by atoms with Gasteiger partial charge in [0.15, 0.2) is 0 Å². The number of carboxylic acid groups (broad SMARTS) is 1. The van der Waals surface area contributed by atoms with E-state index in [1.165, 1.54) is 19.3 Å². The monoisotopic (exact) mass is 490 g/mol. The number of carbonyl (C=O) groups is 2. The molecule has 2 N–H and O–H groups in total. The van der Waals surface area contributed by atoms with Crippen LogP contribution in [0, 0.1) is 10.8 Å². The molecule has 3 atom stereocenters. The second kappa shape index (κ2) is 9.55. The molecule has 6 nitrogen and oxygen atoms in total. The van der Waals surface area contributed by atoms with Crippen LogP contribution < -0.4 is 5.32 Å². The maximum atomic E-state index is 12.6. The van der Waals surface area contributed by atoms with Gasteiger partial charge in [0.05, 0.1) is 0 Å². The molecule has 2 aliphatic carbocycles. The molecule has 2 bridgehead atoms. The van der Waals surface area contributed by atoms with Gasteiger partial charge in [-0.25, -0.2) is 9.59 Å². The summed E-state index contributed by atoms with van der Waals surface area (Å²) in [6.07, 6.45) is 4.13. The summed E-state index contributed by atoms with van der Waals surface area (Å²) in [6.45, 7) is 9.24. The summed E-state index contributed by atoms with van der Waals surface area (Å²) >= 11 is 0. The number of carboxylic acids is 1. The van der Waals surface area contributed by atoms with Gasteiger partial charge in [0.1, 0.15) is 12.6 Å². The highest BCUT2D eigenvalue weighted by Gasteiger charge is 2.49. The average molecular weight is 491 g/mol. The fourth-order valence-corrected chi connectivity index (χ4v) is 7.38. The van der Waals surface area contributed by atoms with E-state index in [0.717, 1.165) is 41.8 Å². The number of likely N-dealkylation sites (tertiary alicyclic amines) is 1. The number of hydrogen-bond acceptors (Lipinski definition) is 4. The Morgan fingerprint density at radius 3 is 2.33 bits per heavy atom. The van der Waals surface area contributed by atoms with Gasteiger partial charge in [-0.15, -0.1) is 0 Å².